The van der Waals surface area contributed by atoms with Crippen molar-refractivity contribution in [2.45, 2.75) is 57.3 Å². The maximum Gasteiger partial charge on any atom is 0.408 e. The summed E-state index contributed by atoms with van der Waals surface area (Å²) in [6, 6.07) is 0.0384. The zero-order valence-corrected chi connectivity index (χ0v) is 21.5. The lowest BCUT2D eigenvalue weighted by molar-refractivity contribution is -0.149. The second-order valence-corrected chi connectivity index (χ2v) is 9.97. The number of halogens is 3. The van der Waals surface area contributed by atoms with Crippen molar-refractivity contribution in [3.63, 3.8) is 0 Å². The summed E-state index contributed by atoms with van der Waals surface area (Å²) in [5, 5.41) is 4.52. The number of aromatic nitrogens is 3. The van der Waals surface area contributed by atoms with Gasteiger partial charge in [0.1, 0.15) is 24.4 Å². The second kappa shape index (κ2) is 10.1. The summed E-state index contributed by atoms with van der Waals surface area (Å²) in [4.78, 5) is 41.8. The lowest BCUT2D eigenvalue weighted by Gasteiger charge is -2.35. The molecular weight excluding hydrogens is 523 g/mol. The number of pyridine rings is 1. The first kappa shape index (κ1) is 26.9. The summed E-state index contributed by atoms with van der Waals surface area (Å²) in [5.41, 5.74) is 0.369. The Hall–Kier alpha value is -3.72. The van der Waals surface area contributed by atoms with Crippen LogP contribution in [0.3, 0.4) is 0 Å². The van der Waals surface area contributed by atoms with Crippen LogP contribution in [0.1, 0.15) is 37.7 Å². The molecule has 2 N–H and O–H groups in total. The smallest absolute Gasteiger partial charge is 0.408 e. The molecular formula is C24H28F3N7O5. The lowest BCUT2D eigenvalue weighted by Crippen LogP contribution is -2.49. The maximum absolute atomic E-state index is 13.3. The Morgan fingerprint density at radius 1 is 1.26 bits per heavy atom. The Bertz CT molecular complexity index is 1240. The quantitative estimate of drug-likeness (QED) is 0.556. The van der Waals surface area contributed by atoms with Gasteiger partial charge < -0.3 is 24.4 Å². The molecule has 2 aromatic rings. The van der Waals surface area contributed by atoms with E-state index in [1.807, 2.05) is 24.1 Å². The van der Waals surface area contributed by atoms with Crippen LogP contribution in [-0.2, 0) is 9.47 Å². The van der Waals surface area contributed by atoms with Crippen LogP contribution in [0, 0.1) is 0 Å². The first-order valence-electron chi connectivity index (χ1n) is 12.4. The summed E-state index contributed by atoms with van der Waals surface area (Å²) >= 11 is 0. The zero-order chi connectivity index (χ0) is 27.9. The van der Waals surface area contributed by atoms with E-state index < -0.39 is 29.9 Å². The van der Waals surface area contributed by atoms with Crippen molar-refractivity contribution >= 4 is 29.4 Å². The molecule has 0 spiro atoms. The minimum atomic E-state index is -4.60. The van der Waals surface area contributed by atoms with Crippen molar-refractivity contribution < 1.29 is 37.0 Å². The predicted molar refractivity (Wildman–Crippen MR) is 132 cm³/mol. The summed E-state index contributed by atoms with van der Waals surface area (Å²) in [5.74, 6) is -1.09. The molecule has 2 fully saturated rings. The molecule has 0 aliphatic carbocycles. The Kier molecular flexibility index (Phi) is 6.97. The van der Waals surface area contributed by atoms with E-state index in [9.17, 15) is 22.8 Å². The van der Waals surface area contributed by atoms with Crippen LogP contribution in [0.25, 0.3) is 0 Å². The van der Waals surface area contributed by atoms with Gasteiger partial charge in [-0.25, -0.2) is 19.7 Å². The van der Waals surface area contributed by atoms with Crippen LogP contribution in [0.2, 0.25) is 0 Å². The van der Waals surface area contributed by atoms with Crippen LogP contribution in [0.4, 0.5) is 35.4 Å². The van der Waals surface area contributed by atoms with Gasteiger partial charge in [0.25, 0.3) is 5.91 Å². The Morgan fingerprint density at radius 3 is 2.67 bits per heavy atom. The number of hydrogen-bond donors (Lipinski definition) is 2. The Morgan fingerprint density at radius 2 is 2.00 bits per heavy atom. The lowest BCUT2D eigenvalue weighted by atomic mass is 10.1. The number of alkyl halides is 3. The van der Waals surface area contributed by atoms with Gasteiger partial charge in [-0.2, -0.15) is 13.2 Å². The average molecular weight is 552 g/mol. The number of anilines is 3. The molecule has 0 radical (unpaired) electrons. The molecule has 3 unspecified atom stereocenters. The molecule has 2 saturated heterocycles. The highest BCUT2D eigenvalue weighted by Crippen LogP contribution is 2.39. The van der Waals surface area contributed by atoms with Gasteiger partial charge in [0.15, 0.2) is 17.4 Å². The predicted octanol–water partition coefficient (Wildman–Crippen LogP) is 2.71. The largest absolute Gasteiger partial charge is 0.488 e. The molecule has 2 bridgehead atoms. The van der Waals surface area contributed by atoms with E-state index >= 15 is 0 Å². The van der Waals surface area contributed by atoms with E-state index in [4.69, 9.17) is 14.2 Å². The fourth-order valence-electron chi connectivity index (χ4n) is 4.60. The van der Waals surface area contributed by atoms with Crippen LogP contribution in [0.15, 0.2) is 24.5 Å². The molecule has 0 saturated carbocycles. The van der Waals surface area contributed by atoms with Crippen molar-refractivity contribution in [2.75, 3.05) is 41.4 Å². The second-order valence-electron chi connectivity index (χ2n) is 9.97. The number of amides is 3. The van der Waals surface area contributed by atoms with E-state index in [-0.39, 0.29) is 36.2 Å². The van der Waals surface area contributed by atoms with Crippen molar-refractivity contribution in [3.05, 3.63) is 30.2 Å². The molecule has 5 rings (SSSR count). The van der Waals surface area contributed by atoms with Crippen molar-refractivity contribution in [3.8, 4) is 5.75 Å². The monoisotopic (exact) mass is 551 g/mol. The topological polar surface area (TPSA) is 131 Å². The van der Waals surface area contributed by atoms with Gasteiger partial charge in [0.05, 0.1) is 30.7 Å². The number of nitrogens with zero attached hydrogens (tertiary/aromatic N) is 5. The molecule has 15 heteroatoms. The van der Waals surface area contributed by atoms with Gasteiger partial charge in [-0.1, -0.05) is 0 Å². The van der Waals surface area contributed by atoms with E-state index in [0.717, 1.165) is 6.92 Å². The Labute approximate surface area is 221 Å². The molecule has 39 heavy (non-hydrogen) atoms. The molecule has 0 aromatic carbocycles. The highest BCUT2D eigenvalue weighted by atomic mass is 19.4. The maximum atomic E-state index is 13.3. The summed E-state index contributed by atoms with van der Waals surface area (Å²) < 4.78 is 55.6. The number of carbonyl (C=O) groups excluding carboxylic acids is 2. The van der Waals surface area contributed by atoms with Gasteiger partial charge in [-0.15, -0.1) is 0 Å². The molecule has 5 heterocycles. The molecule has 3 atom stereocenters. The van der Waals surface area contributed by atoms with Gasteiger partial charge in [-0.3, -0.25) is 15.0 Å². The standard InChI is InChI=1S/C24H28F3N7O5/c1-13(24(25,26)27)30-20(35)17-4-5-18-19(31-17)34(14-6-7-33(18)10-14)22(36)32-21-28-8-15(9-29-21)37-11-16-12-38-23(2,3)39-16/h4-5,8-9,13-14,16H,6-7,10-12H2,1-3H3,(H,30,35)(H,28,29,32,36). The van der Waals surface area contributed by atoms with E-state index in [1.54, 1.807) is 6.07 Å². The summed E-state index contributed by atoms with van der Waals surface area (Å²) in [7, 11) is 0. The summed E-state index contributed by atoms with van der Waals surface area (Å²) in [6.07, 6.45) is -1.37. The normalized spacial score (nSPS) is 22.3. The molecule has 12 nitrogen and oxygen atoms in total. The van der Waals surface area contributed by atoms with E-state index in [1.165, 1.54) is 23.4 Å². The number of hydrogen-bond acceptors (Lipinski definition) is 9. The van der Waals surface area contributed by atoms with Crippen LogP contribution in [-0.4, -0.2) is 83.3 Å². The SMILES string of the molecule is CC(NC(=O)c1ccc2c(n1)N(C(=O)Nc1ncc(OCC3COC(C)(C)O3)cn1)C1CCN2C1)C(F)(F)F. The molecule has 210 valence electrons. The third kappa shape index (κ3) is 5.83. The number of nitrogens with one attached hydrogen (secondary N) is 2. The minimum Gasteiger partial charge on any atom is -0.488 e. The third-order valence-electron chi connectivity index (χ3n) is 6.59. The summed E-state index contributed by atoms with van der Waals surface area (Å²) in [6.45, 7) is 6.33. The highest BCUT2D eigenvalue weighted by Gasteiger charge is 2.41. The zero-order valence-electron chi connectivity index (χ0n) is 21.5. The molecule has 3 aliphatic heterocycles. The Balaban J connectivity index is 1.27. The van der Waals surface area contributed by atoms with Gasteiger partial charge in [0.2, 0.25) is 5.95 Å². The molecule has 3 aliphatic rings. The van der Waals surface area contributed by atoms with Gasteiger partial charge in [-0.05, 0) is 39.3 Å². The van der Waals surface area contributed by atoms with Crippen LogP contribution >= 0.6 is 0 Å². The molecule has 2 aromatic heterocycles. The highest BCUT2D eigenvalue weighted by molar-refractivity contribution is 6.04. The van der Waals surface area contributed by atoms with Crippen LogP contribution in [0.5, 0.6) is 5.75 Å². The van der Waals surface area contributed by atoms with E-state index in [0.29, 0.717) is 37.6 Å². The van der Waals surface area contributed by atoms with Crippen molar-refractivity contribution in [1.82, 2.24) is 20.3 Å². The van der Waals surface area contributed by atoms with Crippen molar-refractivity contribution in [2.24, 2.45) is 0 Å². The van der Waals surface area contributed by atoms with E-state index in [2.05, 4.69) is 20.3 Å². The fraction of sp³-hybridized carbons (Fsp3) is 0.542. The first-order chi connectivity index (χ1) is 18.4. The number of fused-ring (bicyclic) bond motifs is 4. The third-order valence-corrected chi connectivity index (χ3v) is 6.59. The first-order valence-corrected chi connectivity index (χ1v) is 12.4. The number of rotatable bonds is 6. The van der Waals surface area contributed by atoms with Gasteiger partial charge >= 0.3 is 12.2 Å². The van der Waals surface area contributed by atoms with Gasteiger partial charge in [0, 0.05) is 13.1 Å². The fourth-order valence-corrected chi connectivity index (χ4v) is 4.60. The van der Waals surface area contributed by atoms with Crippen molar-refractivity contribution in [1.29, 1.82) is 0 Å². The number of urea groups is 1. The number of carbonyl (C=O) groups is 2. The average Bonchev–Trinajstić information content (AvgIpc) is 3.45. The number of ether oxygens (including phenoxy) is 3. The molecule has 3 amide bonds. The minimum absolute atomic E-state index is 0.0174. The van der Waals surface area contributed by atoms with Crippen LogP contribution < -0.4 is 25.2 Å².